The van der Waals surface area contributed by atoms with Gasteiger partial charge in [0, 0.05) is 32.5 Å². The molecule has 0 aromatic carbocycles. The summed E-state index contributed by atoms with van der Waals surface area (Å²) in [5.41, 5.74) is 2.70. The highest BCUT2D eigenvalue weighted by Gasteiger charge is 2.31. The Morgan fingerprint density at radius 3 is 2.94 bits per heavy atom. The van der Waals surface area contributed by atoms with E-state index in [0.717, 1.165) is 39.3 Å². The maximum atomic E-state index is 5.34. The van der Waals surface area contributed by atoms with Gasteiger partial charge in [0.1, 0.15) is 5.70 Å². The van der Waals surface area contributed by atoms with E-state index in [4.69, 9.17) is 4.74 Å². The van der Waals surface area contributed by atoms with Gasteiger partial charge in [0.2, 0.25) is 0 Å². The summed E-state index contributed by atoms with van der Waals surface area (Å²) >= 11 is 0. The maximum absolute atomic E-state index is 5.34. The monoisotopic (exact) mass is 221 g/mol. The Balaban J connectivity index is 1.46. The molecule has 1 aliphatic carbocycles. The van der Waals surface area contributed by atoms with Crippen LogP contribution in [0.4, 0.5) is 0 Å². The molecular weight excluding hydrogens is 202 g/mol. The van der Waals surface area contributed by atoms with E-state index in [9.17, 15) is 0 Å². The molecule has 4 nitrogen and oxygen atoms in total. The van der Waals surface area contributed by atoms with Crippen molar-refractivity contribution in [3.63, 3.8) is 0 Å². The second kappa shape index (κ2) is 4.55. The number of hydrogen-bond donors (Lipinski definition) is 1. The third kappa shape index (κ3) is 2.13. The number of nitrogens with zero attached hydrogens (tertiary/aromatic N) is 2. The first-order chi connectivity index (χ1) is 7.92. The van der Waals surface area contributed by atoms with Crippen molar-refractivity contribution in [3.8, 4) is 0 Å². The molecule has 1 fully saturated rings. The van der Waals surface area contributed by atoms with Crippen LogP contribution in [0, 0.1) is 0 Å². The summed E-state index contributed by atoms with van der Waals surface area (Å²) in [5, 5.41) is 3.46. The zero-order valence-corrected chi connectivity index (χ0v) is 9.67. The highest BCUT2D eigenvalue weighted by Crippen LogP contribution is 2.24. The fourth-order valence-electron chi connectivity index (χ4n) is 2.56. The van der Waals surface area contributed by atoms with Crippen molar-refractivity contribution in [3.05, 3.63) is 11.4 Å². The molecule has 0 bridgehead atoms. The zero-order chi connectivity index (χ0) is 10.8. The fraction of sp³-hybridized carbons (Fsp3) is 0.750. The molecule has 0 aromatic heterocycles. The zero-order valence-electron chi connectivity index (χ0n) is 9.67. The summed E-state index contributed by atoms with van der Waals surface area (Å²) in [5.74, 6) is 1.18. The minimum absolute atomic E-state index is 0.884. The van der Waals surface area contributed by atoms with Gasteiger partial charge in [0.25, 0.3) is 5.84 Å². The molecule has 0 unspecified atom stereocenters. The molecule has 0 spiro atoms. The Bertz CT molecular complexity index is 329. The Morgan fingerprint density at radius 2 is 2.12 bits per heavy atom. The average molecular weight is 221 g/mol. The van der Waals surface area contributed by atoms with E-state index in [1.807, 2.05) is 0 Å². The van der Waals surface area contributed by atoms with E-state index < -0.39 is 0 Å². The highest BCUT2D eigenvalue weighted by molar-refractivity contribution is 5.86. The maximum Gasteiger partial charge on any atom is 0.298 e. The lowest BCUT2D eigenvalue weighted by Gasteiger charge is -2.25. The lowest BCUT2D eigenvalue weighted by atomic mass is 10.3. The second-order valence-electron chi connectivity index (χ2n) is 4.67. The quantitative estimate of drug-likeness (QED) is 0.751. The minimum Gasteiger partial charge on any atom is -0.379 e. The molecule has 1 N–H and O–H groups in total. The normalized spacial score (nSPS) is 25.6. The lowest BCUT2D eigenvalue weighted by Crippen LogP contribution is -2.38. The third-order valence-electron chi connectivity index (χ3n) is 3.52. The fourth-order valence-corrected chi connectivity index (χ4v) is 2.56. The molecule has 3 aliphatic rings. The van der Waals surface area contributed by atoms with Gasteiger partial charge in [-0.2, -0.15) is 0 Å². The number of amidine groups is 1. The van der Waals surface area contributed by atoms with Gasteiger partial charge < -0.3 is 4.74 Å². The number of hydrogen-bond acceptors (Lipinski definition) is 4. The van der Waals surface area contributed by atoms with Crippen molar-refractivity contribution in [1.29, 1.82) is 0 Å². The molecule has 0 saturated carbocycles. The SMILES string of the molecule is C1CC2=C(C1)NC(CCN1CCOCC1)=[N+]2. The van der Waals surface area contributed by atoms with Crippen LogP contribution < -0.4 is 10.3 Å². The smallest absolute Gasteiger partial charge is 0.298 e. The molecule has 16 heavy (non-hydrogen) atoms. The Hall–Kier alpha value is -0.870. The topological polar surface area (TPSA) is 38.6 Å². The Kier molecular flexibility index (Phi) is 2.93. The van der Waals surface area contributed by atoms with Crippen molar-refractivity contribution >= 4 is 5.84 Å². The summed E-state index contributed by atoms with van der Waals surface area (Å²) in [6, 6.07) is 0. The standard InChI is InChI=1S/C12H19N3O/c1-2-10-11(3-1)14-12(13-10)4-5-15-6-8-16-9-7-15/h13H,1-9H2/q+1. The van der Waals surface area contributed by atoms with Gasteiger partial charge in [-0.15, -0.1) is 0 Å². The first-order valence-corrected chi connectivity index (χ1v) is 6.28. The predicted molar refractivity (Wildman–Crippen MR) is 63.0 cm³/mol. The van der Waals surface area contributed by atoms with Gasteiger partial charge >= 0.3 is 0 Å². The molecule has 2 aliphatic heterocycles. The summed E-state index contributed by atoms with van der Waals surface area (Å²) in [7, 11) is 0. The number of ether oxygens (including phenoxy) is 1. The molecule has 1 radical (unpaired) electrons. The molecule has 2 heterocycles. The van der Waals surface area contributed by atoms with Crippen molar-refractivity contribution in [2.45, 2.75) is 25.7 Å². The van der Waals surface area contributed by atoms with Crippen LogP contribution in [-0.4, -0.2) is 43.6 Å². The largest absolute Gasteiger partial charge is 0.379 e. The summed E-state index contributed by atoms with van der Waals surface area (Å²) in [6.07, 6.45) is 4.69. The third-order valence-corrected chi connectivity index (χ3v) is 3.52. The Labute approximate surface area is 96.4 Å². The van der Waals surface area contributed by atoms with Gasteiger partial charge in [-0.3, -0.25) is 4.90 Å². The summed E-state index contributed by atoms with van der Waals surface area (Å²) < 4.78 is 5.34. The lowest BCUT2D eigenvalue weighted by molar-refractivity contribution is 0.0391. The van der Waals surface area contributed by atoms with E-state index in [1.165, 1.54) is 36.5 Å². The van der Waals surface area contributed by atoms with E-state index in [-0.39, 0.29) is 0 Å². The highest BCUT2D eigenvalue weighted by atomic mass is 16.5. The molecule has 0 amide bonds. The van der Waals surface area contributed by atoms with Gasteiger partial charge in [-0.1, -0.05) is 0 Å². The van der Waals surface area contributed by atoms with Crippen molar-refractivity contribution in [2.24, 2.45) is 0 Å². The van der Waals surface area contributed by atoms with Crippen LogP contribution >= 0.6 is 0 Å². The molecule has 4 heteroatoms. The van der Waals surface area contributed by atoms with Crippen LogP contribution in [0.15, 0.2) is 11.4 Å². The summed E-state index contributed by atoms with van der Waals surface area (Å²) in [6.45, 7) is 5.01. The second-order valence-corrected chi connectivity index (χ2v) is 4.67. The summed E-state index contributed by atoms with van der Waals surface area (Å²) in [4.78, 5) is 7.12. The van der Waals surface area contributed by atoms with Crippen LogP contribution in [0.5, 0.6) is 0 Å². The van der Waals surface area contributed by atoms with Crippen LogP contribution in [-0.2, 0) is 4.74 Å². The molecule has 3 rings (SSSR count). The van der Waals surface area contributed by atoms with Crippen molar-refractivity contribution in [1.82, 2.24) is 15.2 Å². The van der Waals surface area contributed by atoms with Crippen LogP contribution in [0.1, 0.15) is 25.7 Å². The molecule has 87 valence electrons. The van der Waals surface area contributed by atoms with E-state index in [1.54, 1.807) is 0 Å². The number of morpholine rings is 1. The number of aliphatic imine (C=N–C) groups is 1. The van der Waals surface area contributed by atoms with Gasteiger partial charge in [0.05, 0.1) is 19.6 Å². The van der Waals surface area contributed by atoms with Crippen LogP contribution in [0.2, 0.25) is 0 Å². The molecule has 0 atom stereocenters. The molecule has 1 saturated heterocycles. The minimum atomic E-state index is 0.884. The van der Waals surface area contributed by atoms with Gasteiger partial charge in [-0.05, 0) is 11.4 Å². The van der Waals surface area contributed by atoms with E-state index in [2.05, 4.69) is 15.2 Å². The molecular formula is C12H19N3O+. The van der Waals surface area contributed by atoms with E-state index in [0.29, 0.717) is 0 Å². The van der Waals surface area contributed by atoms with Crippen molar-refractivity contribution < 1.29 is 4.74 Å². The Morgan fingerprint density at radius 1 is 1.25 bits per heavy atom. The number of allylic oxidation sites excluding steroid dienone is 2. The first-order valence-electron chi connectivity index (χ1n) is 6.28. The van der Waals surface area contributed by atoms with Gasteiger partial charge in [0.15, 0.2) is 5.70 Å². The number of rotatable bonds is 3. The predicted octanol–water partition coefficient (Wildman–Crippen LogP) is 0.442. The van der Waals surface area contributed by atoms with E-state index >= 15 is 0 Å². The first kappa shape index (κ1) is 10.3. The van der Waals surface area contributed by atoms with Crippen LogP contribution in [0.25, 0.3) is 0 Å². The van der Waals surface area contributed by atoms with Crippen LogP contribution in [0.3, 0.4) is 0 Å². The number of nitrogens with one attached hydrogen (secondary N) is 1. The molecule has 0 aromatic rings. The van der Waals surface area contributed by atoms with Gasteiger partial charge in [-0.25, -0.2) is 5.32 Å². The van der Waals surface area contributed by atoms with Crippen molar-refractivity contribution in [2.75, 3.05) is 32.8 Å². The average Bonchev–Trinajstić information content (AvgIpc) is 2.88.